The molecule has 0 rings (SSSR count). The molecule has 0 atom stereocenters. The molecule has 0 heterocycles. The summed E-state index contributed by atoms with van der Waals surface area (Å²) < 4.78 is 4.67. The number of ether oxygens (including phenoxy) is 1. The molecule has 0 aromatic carbocycles. The SMILES string of the molecule is C=COC(=O)CCCCCCCC=CC=CC=CCCCC. The average Bonchev–Trinajstić information content (AvgIpc) is 2.51. The van der Waals surface area contributed by atoms with E-state index in [1.165, 1.54) is 44.8 Å². The van der Waals surface area contributed by atoms with E-state index in [4.69, 9.17) is 0 Å². The molecule has 0 radical (unpaired) electrons. The fourth-order valence-corrected chi connectivity index (χ4v) is 2.01. The summed E-state index contributed by atoms with van der Waals surface area (Å²) in [4.78, 5) is 11.1. The van der Waals surface area contributed by atoms with E-state index in [-0.39, 0.29) is 5.97 Å². The van der Waals surface area contributed by atoms with Crippen LogP contribution in [0.3, 0.4) is 0 Å². The maximum absolute atomic E-state index is 11.1. The van der Waals surface area contributed by atoms with Crippen molar-refractivity contribution in [1.82, 2.24) is 0 Å². The third-order valence-corrected chi connectivity index (χ3v) is 3.30. The summed E-state index contributed by atoms with van der Waals surface area (Å²) in [5.41, 5.74) is 0. The van der Waals surface area contributed by atoms with Crippen LogP contribution in [0.2, 0.25) is 0 Å². The van der Waals surface area contributed by atoms with Crippen molar-refractivity contribution < 1.29 is 9.53 Å². The Morgan fingerprint density at radius 1 is 0.864 bits per heavy atom. The first-order chi connectivity index (χ1) is 10.8. The van der Waals surface area contributed by atoms with Gasteiger partial charge in [-0.1, -0.05) is 82.1 Å². The molecule has 0 aliphatic heterocycles. The predicted octanol–water partition coefficient (Wildman–Crippen LogP) is 6.26. The monoisotopic (exact) mass is 304 g/mol. The normalized spacial score (nSPS) is 11.7. The fraction of sp³-hybridized carbons (Fsp3) is 0.550. The first kappa shape index (κ1) is 20.4. The van der Waals surface area contributed by atoms with Gasteiger partial charge in [-0.15, -0.1) is 0 Å². The highest BCUT2D eigenvalue weighted by molar-refractivity contribution is 5.69. The van der Waals surface area contributed by atoms with Gasteiger partial charge in [0.05, 0.1) is 6.26 Å². The number of allylic oxidation sites excluding steroid dienone is 6. The minimum atomic E-state index is -0.173. The van der Waals surface area contributed by atoms with Crippen LogP contribution >= 0.6 is 0 Å². The van der Waals surface area contributed by atoms with Crippen molar-refractivity contribution in [1.29, 1.82) is 0 Å². The molecule has 0 aromatic heterocycles. The maximum Gasteiger partial charge on any atom is 0.310 e. The van der Waals surface area contributed by atoms with Gasteiger partial charge in [0, 0.05) is 6.42 Å². The highest BCUT2D eigenvalue weighted by Gasteiger charge is 1.99. The topological polar surface area (TPSA) is 26.3 Å². The van der Waals surface area contributed by atoms with E-state index in [1.54, 1.807) is 0 Å². The number of unbranched alkanes of at least 4 members (excludes halogenated alkanes) is 7. The van der Waals surface area contributed by atoms with Crippen LogP contribution < -0.4 is 0 Å². The molecule has 0 unspecified atom stereocenters. The van der Waals surface area contributed by atoms with E-state index in [1.807, 2.05) is 0 Å². The molecule has 0 spiro atoms. The number of hydrogen-bond donors (Lipinski definition) is 0. The van der Waals surface area contributed by atoms with Crippen LogP contribution in [0.4, 0.5) is 0 Å². The van der Waals surface area contributed by atoms with Crippen molar-refractivity contribution in [3.63, 3.8) is 0 Å². The zero-order chi connectivity index (χ0) is 16.3. The third kappa shape index (κ3) is 16.5. The summed E-state index contributed by atoms with van der Waals surface area (Å²) in [6.07, 6.45) is 25.0. The molecule has 0 aromatic rings. The Kier molecular flexibility index (Phi) is 16.2. The molecule has 0 aliphatic carbocycles. The van der Waals surface area contributed by atoms with Gasteiger partial charge < -0.3 is 4.74 Å². The Morgan fingerprint density at radius 2 is 1.45 bits per heavy atom. The van der Waals surface area contributed by atoms with Gasteiger partial charge in [0.15, 0.2) is 0 Å². The summed E-state index contributed by atoms with van der Waals surface area (Å²) in [7, 11) is 0. The lowest BCUT2D eigenvalue weighted by Crippen LogP contribution is -1.98. The highest BCUT2D eigenvalue weighted by atomic mass is 16.5. The van der Waals surface area contributed by atoms with Crippen molar-refractivity contribution in [2.75, 3.05) is 0 Å². The Morgan fingerprint density at radius 3 is 2.09 bits per heavy atom. The lowest BCUT2D eigenvalue weighted by molar-refractivity contribution is -0.138. The van der Waals surface area contributed by atoms with Gasteiger partial charge in [-0.2, -0.15) is 0 Å². The third-order valence-electron chi connectivity index (χ3n) is 3.30. The van der Waals surface area contributed by atoms with Crippen LogP contribution in [-0.4, -0.2) is 5.97 Å². The predicted molar refractivity (Wildman–Crippen MR) is 95.6 cm³/mol. The van der Waals surface area contributed by atoms with Crippen molar-refractivity contribution in [2.24, 2.45) is 0 Å². The lowest BCUT2D eigenvalue weighted by atomic mass is 10.1. The molecule has 0 saturated heterocycles. The molecule has 0 amide bonds. The van der Waals surface area contributed by atoms with Gasteiger partial charge in [0.1, 0.15) is 0 Å². The van der Waals surface area contributed by atoms with Gasteiger partial charge in [-0.05, 0) is 25.7 Å². The second-order valence-corrected chi connectivity index (χ2v) is 5.35. The number of carbonyl (C=O) groups excluding carboxylic acids is 1. The van der Waals surface area contributed by atoms with Gasteiger partial charge in [-0.3, -0.25) is 4.79 Å². The molecule has 0 aliphatic rings. The van der Waals surface area contributed by atoms with Crippen molar-refractivity contribution in [3.05, 3.63) is 49.3 Å². The summed E-state index contributed by atoms with van der Waals surface area (Å²) >= 11 is 0. The summed E-state index contributed by atoms with van der Waals surface area (Å²) in [5.74, 6) is -0.173. The molecule has 0 N–H and O–H groups in total. The van der Waals surface area contributed by atoms with Gasteiger partial charge in [0.2, 0.25) is 0 Å². The second kappa shape index (κ2) is 17.5. The smallest absolute Gasteiger partial charge is 0.310 e. The Hall–Kier alpha value is -1.57. The molecule has 2 nitrogen and oxygen atoms in total. The van der Waals surface area contributed by atoms with Gasteiger partial charge in [-0.25, -0.2) is 0 Å². The van der Waals surface area contributed by atoms with Crippen LogP contribution in [0.25, 0.3) is 0 Å². The fourth-order valence-electron chi connectivity index (χ4n) is 2.01. The molecule has 0 fully saturated rings. The van der Waals surface area contributed by atoms with Crippen LogP contribution in [0.1, 0.15) is 71.1 Å². The summed E-state index contributed by atoms with van der Waals surface area (Å²) in [6, 6.07) is 0. The van der Waals surface area contributed by atoms with Crippen molar-refractivity contribution in [2.45, 2.75) is 71.1 Å². The van der Waals surface area contributed by atoms with Crippen LogP contribution in [0.5, 0.6) is 0 Å². The summed E-state index contributed by atoms with van der Waals surface area (Å²) in [6.45, 7) is 5.58. The molecule has 22 heavy (non-hydrogen) atoms. The zero-order valence-corrected chi connectivity index (χ0v) is 14.1. The minimum absolute atomic E-state index is 0.173. The summed E-state index contributed by atoms with van der Waals surface area (Å²) in [5, 5.41) is 0. The lowest BCUT2D eigenvalue weighted by Gasteiger charge is -2.00. The molecule has 0 bridgehead atoms. The number of hydrogen-bond acceptors (Lipinski definition) is 2. The Balaban J connectivity index is 3.33. The van der Waals surface area contributed by atoms with Crippen LogP contribution in [-0.2, 0) is 9.53 Å². The molecular weight excluding hydrogens is 272 g/mol. The van der Waals surface area contributed by atoms with E-state index in [0.717, 1.165) is 19.3 Å². The largest absolute Gasteiger partial charge is 0.435 e. The molecular formula is C20H32O2. The first-order valence-electron chi connectivity index (χ1n) is 8.60. The van der Waals surface area contributed by atoms with E-state index >= 15 is 0 Å². The zero-order valence-electron chi connectivity index (χ0n) is 14.1. The van der Waals surface area contributed by atoms with E-state index < -0.39 is 0 Å². The number of esters is 1. The van der Waals surface area contributed by atoms with Gasteiger partial charge >= 0.3 is 5.97 Å². The highest BCUT2D eigenvalue weighted by Crippen LogP contribution is 2.08. The Labute approximate surface area is 136 Å². The van der Waals surface area contributed by atoms with E-state index in [0.29, 0.717) is 6.42 Å². The Bertz CT molecular complexity index is 351. The average molecular weight is 304 g/mol. The second-order valence-electron chi connectivity index (χ2n) is 5.35. The van der Waals surface area contributed by atoms with E-state index in [2.05, 4.69) is 54.7 Å². The van der Waals surface area contributed by atoms with Crippen molar-refractivity contribution in [3.8, 4) is 0 Å². The van der Waals surface area contributed by atoms with E-state index in [9.17, 15) is 4.79 Å². The van der Waals surface area contributed by atoms with Crippen LogP contribution in [0.15, 0.2) is 49.3 Å². The maximum atomic E-state index is 11.1. The minimum Gasteiger partial charge on any atom is -0.435 e. The number of rotatable bonds is 14. The quantitative estimate of drug-likeness (QED) is 0.164. The van der Waals surface area contributed by atoms with Crippen molar-refractivity contribution >= 4 is 5.97 Å². The molecule has 124 valence electrons. The van der Waals surface area contributed by atoms with Crippen LogP contribution in [0, 0.1) is 0 Å². The molecule has 2 heteroatoms. The van der Waals surface area contributed by atoms with Gasteiger partial charge in [0.25, 0.3) is 0 Å². The number of carbonyl (C=O) groups is 1. The molecule has 0 saturated carbocycles. The standard InChI is InChI=1S/C20H32O2/c1-3-5-6-7-8-9-10-11-12-13-14-15-16-17-18-19-20(21)22-4-2/h4,7-12H,2-3,5-6,13-19H2,1H3. The first-order valence-corrected chi connectivity index (χ1v) is 8.60.